The van der Waals surface area contributed by atoms with Crippen LogP contribution in [0.15, 0.2) is 59.7 Å². The van der Waals surface area contributed by atoms with Crippen LogP contribution >= 0.6 is 23.2 Å². The highest BCUT2D eigenvalue weighted by Gasteiger charge is 2.14. The van der Waals surface area contributed by atoms with Crippen molar-refractivity contribution in [2.45, 2.75) is 0 Å². The third-order valence-electron chi connectivity index (χ3n) is 4.57. The van der Waals surface area contributed by atoms with Gasteiger partial charge in [-0.3, -0.25) is 4.79 Å². The molecule has 0 atom stereocenters. The van der Waals surface area contributed by atoms with Gasteiger partial charge in [0.25, 0.3) is 5.91 Å². The first-order valence-electron chi connectivity index (χ1n) is 9.77. The average Bonchev–Trinajstić information content (AvgIpc) is 2.85. The second kappa shape index (κ2) is 11.4. The first kappa shape index (κ1) is 24.9. The molecule has 0 spiro atoms. The summed E-state index contributed by atoms with van der Waals surface area (Å²) in [5, 5.41) is 4.53. The van der Waals surface area contributed by atoms with E-state index in [1.807, 2.05) is 0 Å². The van der Waals surface area contributed by atoms with E-state index < -0.39 is 11.9 Å². The summed E-state index contributed by atoms with van der Waals surface area (Å²) in [6, 6.07) is 14.0. The van der Waals surface area contributed by atoms with Crippen molar-refractivity contribution in [3.05, 3.63) is 81.3 Å². The number of hydrogen-bond acceptors (Lipinski definition) is 7. The Bertz CT molecular complexity index is 1250. The van der Waals surface area contributed by atoms with E-state index >= 15 is 0 Å². The van der Waals surface area contributed by atoms with Crippen LogP contribution < -0.4 is 24.4 Å². The first-order valence-corrected chi connectivity index (χ1v) is 10.5. The van der Waals surface area contributed by atoms with E-state index in [9.17, 15) is 9.59 Å². The van der Waals surface area contributed by atoms with Crippen LogP contribution in [0.2, 0.25) is 10.0 Å². The molecule has 0 aliphatic rings. The summed E-state index contributed by atoms with van der Waals surface area (Å²) < 4.78 is 21.1. The van der Waals surface area contributed by atoms with Gasteiger partial charge in [0, 0.05) is 5.56 Å². The van der Waals surface area contributed by atoms with Crippen molar-refractivity contribution in [3.8, 4) is 23.0 Å². The topological polar surface area (TPSA) is 95.5 Å². The van der Waals surface area contributed by atoms with Crippen molar-refractivity contribution in [1.29, 1.82) is 0 Å². The molecule has 0 heterocycles. The maximum Gasteiger partial charge on any atom is 0.343 e. The Balaban J connectivity index is 1.68. The minimum atomic E-state index is -0.625. The monoisotopic (exact) mass is 502 g/mol. The minimum Gasteiger partial charge on any atom is -0.493 e. The van der Waals surface area contributed by atoms with E-state index in [2.05, 4.69) is 10.5 Å². The number of halogens is 2. The van der Waals surface area contributed by atoms with Gasteiger partial charge in [0.1, 0.15) is 0 Å². The Morgan fingerprint density at radius 1 is 0.765 bits per heavy atom. The fraction of sp³-hybridized carbons (Fsp3) is 0.125. The van der Waals surface area contributed by atoms with E-state index in [1.54, 1.807) is 36.4 Å². The third kappa shape index (κ3) is 5.98. The van der Waals surface area contributed by atoms with E-state index in [-0.39, 0.29) is 16.3 Å². The van der Waals surface area contributed by atoms with Crippen molar-refractivity contribution in [1.82, 2.24) is 5.43 Å². The molecule has 3 rings (SSSR count). The smallest absolute Gasteiger partial charge is 0.343 e. The van der Waals surface area contributed by atoms with Crippen LogP contribution in [-0.2, 0) is 0 Å². The number of hydrazone groups is 1. The summed E-state index contributed by atoms with van der Waals surface area (Å²) in [6.07, 6.45) is 1.42. The summed E-state index contributed by atoms with van der Waals surface area (Å²) in [4.78, 5) is 24.8. The molecule has 0 aliphatic carbocycles. The third-order valence-corrected chi connectivity index (χ3v) is 5.31. The Kier molecular flexibility index (Phi) is 8.34. The number of carbonyl (C=O) groups excluding carboxylic acids is 2. The van der Waals surface area contributed by atoms with Crippen molar-refractivity contribution < 1.29 is 28.5 Å². The van der Waals surface area contributed by atoms with Gasteiger partial charge in [-0.15, -0.1) is 0 Å². The molecule has 0 saturated carbocycles. The lowest BCUT2D eigenvalue weighted by atomic mass is 10.2. The lowest BCUT2D eigenvalue weighted by Gasteiger charge is -2.10. The van der Waals surface area contributed by atoms with Crippen LogP contribution in [0.3, 0.4) is 0 Å². The Morgan fingerprint density at radius 3 is 2.09 bits per heavy atom. The zero-order chi connectivity index (χ0) is 24.7. The Labute approximate surface area is 206 Å². The molecule has 0 saturated heterocycles. The highest BCUT2D eigenvalue weighted by molar-refractivity contribution is 6.42. The lowest BCUT2D eigenvalue weighted by Crippen LogP contribution is -2.17. The van der Waals surface area contributed by atoms with Crippen LogP contribution in [0.1, 0.15) is 26.3 Å². The van der Waals surface area contributed by atoms with Crippen molar-refractivity contribution in [2.24, 2.45) is 5.10 Å². The number of methoxy groups -OCH3 is 3. The molecule has 1 amide bonds. The summed E-state index contributed by atoms with van der Waals surface area (Å²) in [5.74, 6) is 0.370. The van der Waals surface area contributed by atoms with Gasteiger partial charge in [-0.2, -0.15) is 5.10 Å². The average molecular weight is 503 g/mol. The fourth-order valence-corrected chi connectivity index (χ4v) is 3.14. The van der Waals surface area contributed by atoms with Gasteiger partial charge in [0.2, 0.25) is 0 Å². The SMILES string of the molecule is COc1ccc(C(=O)N/N=C/c2ccc(OC(=O)c3ccc(Cl)c(Cl)c3)c(OC)c2)cc1OC. The molecule has 3 aromatic carbocycles. The van der Waals surface area contributed by atoms with Gasteiger partial charge in [0.15, 0.2) is 23.0 Å². The molecule has 0 aromatic heterocycles. The predicted octanol–water partition coefficient (Wildman–Crippen LogP) is 5.00. The first-order chi connectivity index (χ1) is 16.4. The normalized spacial score (nSPS) is 10.6. The van der Waals surface area contributed by atoms with Crippen LogP contribution in [0.4, 0.5) is 0 Å². The number of esters is 1. The van der Waals surface area contributed by atoms with Crippen LogP contribution in [0, 0.1) is 0 Å². The summed E-state index contributed by atoms with van der Waals surface area (Å²) >= 11 is 11.8. The summed E-state index contributed by atoms with van der Waals surface area (Å²) in [6.45, 7) is 0. The molecule has 176 valence electrons. The molecular weight excluding hydrogens is 483 g/mol. The molecule has 0 fully saturated rings. The van der Waals surface area contributed by atoms with E-state index in [0.29, 0.717) is 33.4 Å². The molecule has 0 aliphatic heterocycles. The molecule has 0 unspecified atom stereocenters. The number of nitrogens with zero attached hydrogens (tertiary/aromatic N) is 1. The molecule has 8 nitrogen and oxygen atoms in total. The molecule has 1 N–H and O–H groups in total. The quantitative estimate of drug-likeness (QED) is 0.201. The number of hydrogen-bond donors (Lipinski definition) is 1. The minimum absolute atomic E-state index is 0.199. The van der Waals surface area contributed by atoms with E-state index in [0.717, 1.165) is 0 Å². The second-order valence-corrected chi connectivity index (χ2v) is 7.51. The van der Waals surface area contributed by atoms with Crippen molar-refractivity contribution in [2.75, 3.05) is 21.3 Å². The van der Waals surface area contributed by atoms with E-state index in [4.69, 9.17) is 42.1 Å². The van der Waals surface area contributed by atoms with Crippen LogP contribution in [-0.4, -0.2) is 39.4 Å². The summed E-state index contributed by atoms with van der Waals surface area (Å²) in [5.41, 5.74) is 3.61. The van der Waals surface area contributed by atoms with Gasteiger partial charge in [0.05, 0.1) is 43.2 Å². The molecule has 0 bridgehead atoms. The van der Waals surface area contributed by atoms with Crippen LogP contribution in [0.25, 0.3) is 0 Å². The lowest BCUT2D eigenvalue weighted by molar-refractivity contribution is 0.0729. The number of amides is 1. The largest absolute Gasteiger partial charge is 0.493 e. The Morgan fingerprint density at radius 2 is 1.41 bits per heavy atom. The number of carbonyl (C=O) groups is 2. The molecule has 3 aromatic rings. The fourth-order valence-electron chi connectivity index (χ4n) is 2.84. The highest BCUT2D eigenvalue weighted by atomic mass is 35.5. The van der Waals surface area contributed by atoms with Gasteiger partial charge >= 0.3 is 5.97 Å². The zero-order valence-electron chi connectivity index (χ0n) is 18.4. The van der Waals surface area contributed by atoms with E-state index in [1.165, 1.54) is 45.7 Å². The zero-order valence-corrected chi connectivity index (χ0v) is 19.9. The Hall–Kier alpha value is -3.75. The molecular formula is C24H20Cl2N2O6. The maximum atomic E-state index is 12.4. The maximum absolute atomic E-state index is 12.4. The highest BCUT2D eigenvalue weighted by Crippen LogP contribution is 2.30. The molecule has 10 heteroatoms. The van der Waals surface area contributed by atoms with Crippen molar-refractivity contribution >= 4 is 41.3 Å². The van der Waals surface area contributed by atoms with Gasteiger partial charge in [-0.1, -0.05) is 23.2 Å². The number of benzene rings is 3. The predicted molar refractivity (Wildman–Crippen MR) is 129 cm³/mol. The van der Waals surface area contributed by atoms with Gasteiger partial charge in [-0.25, -0.2) is 10.2 Å². The van der Waals surface area contributed by atoms with Crippen LogP contribution in [0.5, 0.6) is 23.0 Å². The standard InChI is InChI=1S/C24H20Cl2N2O6/c1-31-19-9-6-15(12-22(19)33-3)23(29)28-27-13-14-4-8-20(21(10-14)32-2)34-24(30)16-5-7-17(25)18(26)11-16/h4-13H,1-3H3,(H,28,29)/b27-13+. The molecule has 0 radical (unpaired) electrons. The number of ether oxygens (including phenoxy) is 4. The second-order valence-electron chi connectivity index (χ2n) is 6.70. The molecule has 34 heavy (non-hydrogen) atoms. The van der Waals surface area contributed by atoms with Gasteiger partial charge < -0.3 is 18.9 Å². The van der Waals surface area contributed by atoms with Gasteiger partial charge in [-0.05, 0) is 60.2 Å². The number of nitrogens with one attached hydrogen (secondary N) is 1. The van der Waals surface area contributed by atoms with Crippen molar-refractivity contribution in [3.63, 3.8) is 0 Å². The number of rotatable bonds is 8. The summed E-state index contributed by atoms with van der Waals surface area (Å²) in [7, 11) is 4.43.